The summed E-state index contributed by atoms with van der Waals surface area (Å²) in [7, 11) is 0. The zero-order valence-corrected chi connectivity index (χ0v) is 10.6. The molecular weight excluding hydrogens is 254 g/mol. The van der Waals surface area contributed by atoms with Gasteiger partial charge in [-0.3, -0.25) is 4.79 Å². The molecule has 5 heteroatoms. The SMILES string of the molecule is NC(=O)c1ccc2nc(-c3ccc(CO)cc3)[nH]c2c1. The van der Waals surface area contributed by atoms with Gasteiger partial charge in [-0.25, -0.2) is 4.98 Å². The predicted octanol–water partition coefficient (Wildman–Crippen LogP) is 1.82. The van der Waals surface area contributed by atoms with Gasteiger partial charge in [0.25, 0.3) is 0 Å². The zero-order valence-electron chi connectivity index (χ0n) is 10.6. The molecule has 0 saturated carbocycles. The van der Waals surface area contributed by atoms with Crippen molar-refractivity contribution in [1.29, 1.82) is 0 Å². The third-order valence-electron chi connectivity index (χ3n) is 3.18. The van der Waals surface area contributed by atoms with Crippen LogP contribution in [0.4, 0.5) is 0 Å². The Hall–Kier alpha value is -2.66. The standard InChI is InChI=1S/C15H13N3O2/c16-14(20)11-5-6-12-13(7-11)18-15(17-12)10-3-1-9(8-19)2-4-10/h1-7,19H,8H2,(H2,16,20)(H,17,18). The van der Waals surface area contributed by atoms with Gasteiger partial charge in [-0.15, -0.1) is 0 Å². The van der Waals surface area contributed by atoms with Gasteiger partial charge in [0.15, 0.2) is 0 Å². The van der Waals surface area contributed by atoms with Gasteiger partial charge in [-0.2, -0.15) is 0 Å². The van der Waals surface area contributed by atoms with Crippen molar-refractivity contribution in [3.8, 4) is 11.4 Å². The molecule has 0 spiro atoms. The van der Waals surface area contributed by atoms with Crippen LogP contribution in [0.15, 0.2) is 42.5 Å². The summed E-state index contributed by atoms with van der Waals surface area (Å²) < 4.78 is 0. The van der Waals surface area contributed by atoms with Crippen LogP contribution in [0.3, 0.4) is 0 Å². The number of aliphatic hydroxyl groups excluding tert-OH is 1. The maximum atomic E-state index is 11.2. The van der Waals surface area contributed by atoms with Gasteiger partial charge in [0.2, 0.25) is 5.91 Å². The quantitative estimate of drug-likeness (QED) is 0.676. The van der Waals surface area contributed by atoms with E-state index in [1.165, 1.54) is 0 Å². The monoisotopic (exact) mass is 267 g/mol. The topological polar surface area (TPSA) is 92.0 Å². The molecule has 0 radical (unpaired) electrons. The van der Waals surface area contributed by atoms with Crippen molar-refractivity contribution in [2.75, 3.05) is 0 Å². The second-order valence-electron chi connectivity index (χ2n) is 4.54. The number of fused-ring (bicyclic) bond motifs is 1. The van der Waals surface area contributed by atoms with Gasteiger partial charge in [-0.1, -0.05) is 24.3 Å². The number of hydrogen-bond acceptors (Lipinski definition) is 3. The lowest BCUT2D eigenvalue weighted by molar-refractivity contribution is 0.100. The van der Waals surface area contributed by atoms with Gasteiger partial charge in [0.1, 0.15) is 5.82 Å². The molecule has 0 atom stereocenters. The lowest BCUT2D eigenvalue weighted by Crippen LogP contribution is -2.10. The lowest BCUT2D eigenvalue weighted by atomic mass is 10.1. The van der Waals surface area contributed by atoms with E-state index in [0.29, 0.717) is 11.4 Å². The van der Waals surface area contributed by atoms with E-state index in [9.17, 15) is 4.79 Å². The molecule has 3 aromatic rings. The number of aromatic amines is 1. The predicted molar refractivity (Wildman–Crippen MR) is 76.0 cm³/mol. The summed E-state index contributed by atoms with van der Waals surface area (Å²) in [5.41, 5.74) is 9.01. The second-order valence-corrected chi connectivity index (χ2v) is 4.54. The first-order valence-electron chi connectivity index (χ1n) is 6.17. The van der Waals surface area contributed by atoms with E-state index < -0.39 is 5.91 Å². The maximum Gasteiger partial charge on any atom is 0.248 e. The van der Waals surface area contributed by atoms with E-state index in [-0.39, 0.29) is 6.61 Å². The van der Waals surface area contributed by atoms with Crippen molar-refractivity contribution >= 4 is 16.9 Å². The van der Waals surface area contributed by atoms with Crippen molar-refractivity contribution in [1.82, 2.24) is 9.97 Å². The van der Waals surface area contributed by atoms with Gasteiger partial charge >= 0.3 is 0 Å². The average Bonchev–Trinajstić information content (AvgIpc) is 2.90. The molecule has 0 saturated heterocycles. The summed E-state index contributed by atoms with van der Waals surface area (Å²) in [5, 5.41) is 9.03. The number of nitrogens with zero attached hydrogens (tertiary/aromatic N) is 1. The Morgan fingerprint density at radius 2 is 1.95 bits per heavy atom. The van der Waals surface area contributed by atoms with Crippen molar-refractivity contribution < 1.29 is 9.90 Å². The van der Waals surface area contributed by atoms with Crippen LogP contribution in [0.1, 0.15) is 15.9 Å². The van der Waals surface area contributed by atoms with Crippen molar-refractivity contribution in [2.45, 2.75) is 6.61 Å². The van der Waals surface area contributed by atoms with Crippen molar-refractivity contribution in [3.05, 3.63) is 53.6 Å². The fourth-order valence-corrected chi connectivity index (χ4v) is 2.07. The first-order chi connectivity index (χ1) is 9.67. The number of amides is 1. The van der Waals surface area contributed by atoms with Gasteiger partial charge < -0.3 is 15.8 Å². The number of nitrogens with two attached hydrogens (primary N) is 1. The van der Waals surface area contributed by atoms with Crippen LogP contribution in [-0.4, -0.2) is 21.0 Å². The molecule has 3 rings (SSSR count). The van der Waals surface area contributed by atoms with Crippen LogP contribution < -0.4 is 5.73 Å². The summed E-state index contributed by atoms with van der Waals surface area (Å²) in [6.45, 7) is 0.0163. The van der Waals surface area contributed by atoms with Gasteiger partial charge in [0, 0.05) is 11.1 Å². The summed E-state index contributed by atoms with van der Waals surface area (Å²) in [5.74, 6) is 0.251. The fraction of sp³-hybridized carbons (Fsp3) is 0.0667. The van der Waals surface area contributed by atoms with E-state index >= 15 is 0 Å². The van der Waals surface area contributed by atoms with Crippen LogP contribution in [0.2, 0.25) is 0 Å². The Morgan fingerprint density at radius 1 is 1.20 bits per heavy atom. The number of carbonyl (C=O) groups is 1. The Morgan fingerprint density at radius 3 is 2.60 bits per heavy atom. The zero-order chi connectivity index (χ0) is 14.1. The Kier molecular flexibility index (Phi) is 2.96. The molecule has 1 aromatic heterocycles. The number of carbonyl (C=O) groups excluding carboxylic acids is 1. The molecule has 5 nitrogen and oxygen atoms in total. The Bertz CT molecular complexity index is 775. The van der Waals surface area contributed by atoms with E-state index in [2.05, 4.69) is 9.97 Å². The third kappa shape index (κ3) is 2.15. The number of rotatable bonds is 3. The van der Waals surface area contributed by atoms with Crippen LogP contribution >= 0.6 is 0 Å². The first kappa shape index (κ1) is 12.4. The number of aliphatic hydroxyl groups is 1. The Balaban J connectivity index is 2.05. The first-order valence-corrected chi connectivity index (χ1v) is 6.17. The molecule has 1 amide bonds. The van der Waals surface area contributed by atoms with Gasteiger partial charge in [0.05, 0.1) is 17.6 Å². The molecule has 0 fully saturated rings. The van der Waals surface area contributed by atoms with E-state index in [1.54, 1.807) is 18.2 Å². The number of H-pyrrole nitrogens is 1. The molecule has 100 valence electrons. The number of nitrogens with one attached hydrogen (secondary N) is 1. The summed E-state index contributed by atoms with van der Waals surface area (Å²) in [6.07, 6.45) is 0. The van der Waals surface area contributed by atoms with Crippen LogP contribution in [0.5, 0.6) is 0 Å². The van der Waals surface area contributed by atoms with E-state index in [4.69, 9.17) is 10.8 Å². The van der Waals surface area contributed by atoms with Crippen LogP contribution in [0.25, 0.3) is 22.4 Å². The number of imidazole rings is 1. The molecule has 0 aliphatic carbocycles. The highest BCUT2D eigenvalue weighted by atomic mass is 16.3. The molecule has 2 aromatic carbocycles. The smallest absolute Gasteiger partial charge is 0.248 e. The molecule has 0 bridgehead atoms. The number of hydrogen-bond donors (Lipinski definition) is 3. The molecule has 20 heavy (non-hydrogen) atoms. The molecule has 0 unspecified atom stereocenters. The van der Waals surface area contributed by atoms with E-state index in [1.807, 2.05) is 24.3 Å². The minimum absolute atomic E-state index is 0.0163. The highest BCUT2D eigenvalue weighted by Gasteiger charge is 2.08. The van der Waals surface area contributed by atoms with Crippen LogP contribution in [-0.2, 0) is 6.61 Å². The maximum absolute atomic E-state index is 11.2. The molecule has 0 aliphatic heterocycles. The second kappa shape index (κ2) is 4.79. The third-order valence-corrected chi connectivity index (χ3v) is 3.18. The molecule has 0 aliphatic rings. The largest absolute Gasteiger partial charge is 0.392 e. The minimum atomic E-state index is -0.463. The van der Waals surface area contributed by atoms with E-state index in [0.717, 1.165) is 22.2 Å². The molecular formula is C15H13N3O2. The lowest BCUT2D eigenvalue weighted by Gasteiger charge is -1.98. The summed E-state index contributed by atoms with van der Waals surface area (Å²) in [6, 6.07) is 12.6. The average molecular weight is 267 g/mol. The molecule has 4 N–H and O–H groups in total. The highest BCUT2D eigenvalue weighted by Crippen LogP contribution is 2.21. The summed E-state index contributed by atoms with van der Waals surface area (Å²) in [4.78, 5) is 18.8. The highest BCUT2D eigenvalue weighted by molar-refractivity contribution is 5.96. The van der Waals surface area contributed by atoms with Crippen LogP contribution in [0, 0.1) is 0 Å². The van der Waals surface area contributed by atoms with Gasteiger partial charge in [-0.05, 0) is 23.8 Å². The van der Waals surface area contributed by atoms with Crippen molar-refractivity contribution in [2.24, 2.45) is 5.73 Å². The number of benzene rings is 2. The number of aromatic nitrogens is 2. The number of primary amides is 1. The molecule has 1 heterocycles. The van der Waals surface area contributed by atoms with Crippen molar-refractivity contribution in [3.63, 3.8) is 0 Å². The summed E-state index contributed by atoms with van der Waals surface area (Å²) >= 11 is 0. The fourth-order valence-electron chi connectivity index (χ4n) is 2.07. The Labute approximate surface area is 115 Å². The minimum Gasteiger partial charge on any atom is -0.392 e. The normalized spacial score (nSPS) is 10.8.